The predicted octanol–water partition coefficient (Wildman–Crippen LogP) is 24.6. The lowest BCUT2D eigenvalue weighted by molar-refractivity contribution is 0.481. The fourth-order valence-corrected chi connectivity index (χ4v) is 16.8. The van der Waals surface area contributed by atoms with Gasteiger partial charge in [0, 0.05) is 16.2 Å². The van der Waals surface area contributed by atoms with Crippen molar-refractivity contribution in [2.75, 3.05) is 0 Å². The average Bonchev–Trinajstić information content (AvgIpc) is 0.805. The molecule has 112 heavy (non-hydrogen) atoms. The molecule has 0 bridgehead atoms. The second-order valence-corrected chi connectivity index (χ2v) is 34.4. The van der Waals surface area contributed by atoms with Crippen LogP contribution in [0.5, 0.6) is 0 Å². The van der Waals surface area contributed by atoms with Gasteiger partial charge in [0.25, 0.3) is 40.5 Å². The molecular formula is C96H96O12S4. The molecule has 0 atom stereocenters. The van der Waals surface area contributed by atoms with E-state index < -0.39 is 40.5 Å². The molecule has 0 radical (unpaired) electrons. The van der Waals surface area contributed by atoms with Gasteiger partial charge in [0.15, 0.2) is 0 Å². The van der Waals surface area contributed by atoms with Gasteiger partial charge in [-0.05, 0) is 249 Å². The van der Waals surface area contributed by atoms with Crippen LogP contribution in [-0.2, 0) is 40.5 Å². The van der Waals surface area contributed by atoms with E-state index in [1.165, 1.54) is 106 Å². The highest BCUT2D eigenvalue weighted by Gasteiger charge is 2.20. The van der Waals surface area contributed by atoms with Crippen molar-refractivity contribution in [3.63, 3.8) is 0 Å². The molecule has 0 unspecified atom stereocenters. The minimum atomic E-state index is -4.18. The summed E-state index contributed by atoms with van der Waals surface area (Å²) in [6, 6.07) is 87.6. The Morgan fingerprint density at radius 3 is 0.973 bits per heavy atom. The normalized spacial score (nSPS) is 11.3. The molecule has 12 nitrogen and oxygen atoms in total. The zero-order valence-corrected chi connectivity index (χ0v) is 69.4. The van der Waals surface area contributed by atoms with Crippen LogP contribution in [0.15, 0.2) is 287 Å². The molecule has 576 valence electrons. The smallest absolute Gasteiger partial charge is 0.282 e. The van der Waals surface area contributed by atoms with E-state index in [4.69, 9.17) is 4.55 Å². The average molecular weight is 1570 g/mol. The minimum Gasteiger partial charge on any atom is -0.282 e. The Balaban J connectivity index is 0.000000147. The summed E-state index contributed by atoms with van der Waals surface area (Å²) in [6.45, 7) is 31.8. The summed E-state index contributed by atoms with van der Waals surface area (Å²) in [5.41, 5.74) is 17.6. The topological polar surface area (TPSA) is 217 Å². The van der Waals surface area contributed by atoms with E-state index in [1.807, 2.05) is 101 Å². The van der Waals surface area contributed by atoms with Crippen molar-refractivity contribution >= 4 is 127 Å². The molecule has 16 aromatic rings. The number of fused-ring (bicyclic) bond motifs is 8. The van der Waals surface area contributed by atoms with Crippen LogP contribution in [0.1, 0.15) is 89.0 Å². The van der Waals surface area contributed by atoms with E-state index in [-0.39, 0.29) is 19.6 Å². The lowest BCUT2D eigenvalue weighted by Gasteiger charge is -2.08. The van der Waals surface area contributed by atoms with E-state index in [0.717, 1.165) is 60.3 Å². The fraction of sp³-hybridized carbons (Fsp3) is 0.167. The molecule has 0 spiro atoms. The first-order chi connectivity index (χ1) is 52.6. The summed E-state index contributed by atoms with van der Waals surface area (Å²) in [7, 11) is -16.6. The third-order valence-electron chi connectivity index (χ3n) is 19.4. The minimum absolute atomic E-state index is 0.00463. The zero-order chi connectivity index (χ0) is 81.9. The Morgan fingerprint density at radius 1 is 0.179 bits per heavy atom. The first-order valence-corrected chi connectivity index (χ1v) is 42.2. The zero-order valence-electron chi connectivity index (χ0n) is 66.1. The number of rotatable bonds is 4. The van der Waals surface area contributed by atoms with Crippen molar-refractivity contribution < 1.29 is 51.9 Å². The van der Waals surface area contributed by atoms with Gasteiger partial charge in [-0.25, -0.2) is 0 Å². The van der Waals surface area contributed by atoms with E-state index in [0.29, 0.717) is 27.3 Å². The number of hydrogen-bond donors (Lipinski definition) is 4. The molecule has 0 heterocycles. The molecular weight excluding hydrogens is 1470 g/mol. The number of benzene rings is 16. The van der Waals surface area contributed by atoms with E-state index in [2.05, 4.69) is 201 Å². The van der Waals surface area contributed by atoms with Crippen molar-refractivity contribution in [2.45, 2.75) is 130 Å². The molecule has 4 N–H and O–H groups in total. The first kappa shape index (κ1) is 85.2. The standard InChI is InChI=1S/4C12H12O3S.4C12H12/c1-8-3-6-11-10(7-8)5-4-9(2)12(11)16(13,14)15;1-8-3-4-10-5-9(2)7-12(11(10)6-8)16(13,14)15;1-8-3-4-10-7-11(16(13,14)15)6-9(2)12(10)5-8;1-8-4-3-5-11-10(8)7-6-9(2)12(11)16(13,14)15;1-9-3-5-12-8-10(2)4-6-11(12)7-9;1-9-6-7-12-10(2)4-3-5-11(12)8-9;1-9-6-7-11-5-3-4-10(2)12(11)8-9;1-9-7-8-10(2)12-6-4-3-5-11(9)12/h4*3-7H,1-2H3,(H,13,14,15);4*3-8H,1-2H3. The van der Waals surface area contributed by atoms with E-state index >= 15 is 0 Å². The van der Waals surface area contributed by atoms with Gasteiger partial charge in [-0.15, -0.1) is 0 Å². The van der Waals surface area contributed by atoms with Crippen molar-refractivity contribution in [3.05, 3.63) is 356 Å². The first-order valence-electron chi connectivity index (χ1n) is 36.4. The van der Waals surface area contributed by atoms with Gasteiger partial charge in [0.1, 0.15) is 14.7 Å². The SMILES string of the molecule is Cc1cc(S(=O)(=O)O)c2cc(C)ccc2c1.Cc1ccc(C)c2ccccc12.Cc1ccc2c(C)cccc2c1.Cc1ccc2c(C)cccc2c1S(=O)(=O)O.Cc1ccc2c(S(=O)(=O)O)c(C)ccc2c1.Cc1ccc2cc(C)ccc2c1.Cc1ccc2cc(S(=O)(=O)O)cc(C)c2c1.Cc1ccc2cccc(C)c2c1. The van der Waals surface area contributed by atoms with Gasteiger partial charge in [0.2, 0.25) is 0 Å². The van der Waals surface area contributed by atoms with Crippen LogP contribution in [0.25, 0.3) is 86.2 Å². The van der Waals surface area contributed by atoms with Crippen LogP contribution >= 0.6 is 0 Å². The van der Waals surface area contributed by atoms with Gasteiger partial charge in [-0.3, -0.25) is 18.2 Å². The van der Waals surface area contributed by atoms with Crippen LogP contribution in [0.2, 0.25) is 0 Å². The molecule has 0 aromatic heterocycles. The maximum Gasteiger partial charge on any atom is 0.295 e. The number of hydrogen-bond acceptors (Lipinski definition) is 8. The Labute approximate surface area is 660 Å². The third-order valence-corrected chi connectivity index (χ3v) is 23.2. The van der Waals surface area contributed by atoms with Crippen LogP contribution < -0.4 is 0 Å². The van der Waals surface area contributed by atoms with Crippen LogP contribution in [0.4, 0.5) is 0 Å². The van der Waals surface area contributed by atoms with Crippen molar-refractivity contribution in [1.29, 1.82) is 0 Å². The molecule has 0 fully saturated rings. The van der Waals surface area contributed by atoms with E-state index in [1.54, 1.807) is 57.2 Å². The highest BCUT2D eigenvalue weighted by atomic mass is 32.2. The highest BCUT2D eigenvalue weighted by molar-refractivity contribution is 7.86. The van der Waals surface area contributed by atoms with E-state index in [9.17, 15) is 47.3 Å². The van der Waals surface area contributed by atoms with Crippen molar-refractivity contribution in [1.82, 2.24) is 0 Å². The summed E-state index contributed by atoms with van der Waals surface area (Å²) < 4.78 is 127. The van der Waals surface area contributed by atoms with Gasteiger partial charge >= 0.3 is 0 Å². The Hall–Kier alpha value is -10.8. The van der Waals surface area contributed by atoms with Crippen molar-refractivity contribution in [2.24, 2.45) is 0 Å². The summed E-state index contributed by atoms with van der Waals surface area (Å²) in [5.74, 6) is 0. The predicted molar refractivity (Wildman–Crippen MR) is 467 cm³/mol. The monoisotopic (exact) mass is 1570 g/mol. The molecule has 16 heteroatoms. The third kappa shape index (κ3) is 22.1. The van der Waals surface area contributed by atoms with Gasteiger partial charge in [-0.1, -0.05) is 288 Å². The molecule has 0 aliphatic heterocycles. The summed E-state index contributed by atoms with van der Waals surface area (Å²) in [5, 5.41) is 16.8. The Bertz CT molecular complexity index is 6590. The summed E-state index contributed by atoms with van der Waals surface area (Å²) in [4.78, 5) is -0.0637. The van der Waals surface area contributed by atoms with Crippen LogP contribution in [0, 0.1) is 111 Å². The fourth-order valence-electron chi connectivity index (χ4n) is 13.6. The summed E-state index contributed by atoms with van der Waals surface area (Å²) in [6.07, 6.45) is 0. The maximum absolute atomic E-state index is 11.3. The van der Waals surface area contributed by atoms with Crippen LogP contribution in [0.3, 0.4) is 0 Å². The molecule has 0 aliphatic rings. The molecule has 0 aliphatic carbocycles. The lowest BCUT2D eigenvalue weighted by atomic mass is 10.0. The second kappa shape index (κ2) is 36.2. The molecule has 0 amide bonds. The van der Waals surface area contributed by atoms with Gasteiger partial charge < -0.3 is 0 Å². The molecule has 16 aromatic carbocycles. The quantitative estimate of drug-likeness (QED) is 0.121. The van der Waals surface area contributed by atoms with Gasteiger partial charge in [0.05, 0.1) is 4.90 Å². The van der Waals surface area contributed by atoms with Crippen molar-refractivity contribution in [3.8, 4) is 0 Å². The Morgan fingerprint density at radius 2 is 0.482 bits per heavy atom. The lowest BCUT2D eigenvalue weighted by Crippen LogP contribution is -2.02. The highest BCUT2D eigenvalue weighted by Crippen LogP contribution is 2.32. The van der Waals surface area contributed by atoms with Gasteiger partial charge in [-0.2, -0.15) is 33.7 Å². The Kier molecular flexibility index (Phi) is 27.5. The largest absolute Gasteiger partial charge is 0.295 e. The second-order valence-electron chi connectivity index (χ2n) is 28.9. The maximum atomic E-state index is 11.3. The van der Waals surface area contributed by atoms with Crippen LogP contribution in [-0.4, -0.2) is 51.9 Å². The summed E-state index contributed by atoms with van der Waals surface area (Å²) >= 11 is 0. The number of aryl methyl sites for hydroxylation is 16. The molecule has 0 saturated carbocycles. The molecule has 0 saturated heterocycles. The molecule has 16 rings (SSSR count).